The first-order chi connectivity index (χ1) is 7.75. The molecule has 0 unspecified atom stereocenters. The highest BCUT2D eigenvalue weighted by atomic mass is 16.5. The third kappa shape index (κ3) is 1.23. The Balaban J connectivity index is 2.30. The Kier molecular flexibility index (Phi) is 1.83. The first kappa shape index (κ1) is 9.16. The molecule has 16 heavy (non-hydrogen) atoms. The van der Waals surface area contributed by atoms with Crippen molar-refractivity contribution in [1.29, 1.82) is 0 Å². The van der Waals surface area contributed by atoms with Crippen molar-refractivity contribution >= 4 is 28.9 Å². The number of benzene rings is 2. The summed E-state index contributed by atoms with van der Waals surface area (Å²) in [4.78, 5) is 11.0. The van der Waals surface area contributed by atoms with E-state index >= 15 is 0 Å². The quantitative estimate of drug-likeness (QED) is 0.455. The molecule has 0 spiro atoms. The summed E-state index contributed by atoms with van der Waals surface area (Å²) in [5.74, 6) is 0.356. The van der Waals surface area contributed by atoms with Gasteiger partial charge in [-0.05, 0) is 28.5 Å². The van der Waals surface area contributed by atoms with Gasteiger partial charge in [0, 0.05) is 12.5 Å². The monoisotopic (exact) mass is 210 g/mol. The van der Waals surface area contributed by atoms with E-state index in [0.29, 0.717) is 5.75 Å². The van der Waals surface area contributed by atoms with Crippen molar-refractivity contribution < 1.29 is 9.53 Å². The van der Waals surface area contributed by atoms with Crippen molar-refractivity contribution in [2.24, 2.45) is 0 Å². The normalized spacial score (nSPS) is 12.1. The van der Waals surface area contributed by atoms with E-state index < -0.39 is 0 Å². The van der Waals surface area contributed by atoms with Crippen LogP contribution in [0.5, 0.6) is 5.75 Å². The van der Waals surface area contributed by atoms with E-state index in [1.807, 2.05) is 30.4 Å². The molecule has 0 amide bonds. The molecule has 78 valence electrons. The average molecular weight is 210 g/mol. The summed E-state index contributed by atoms with van der Waals surface area (Å²) in [6, 6.07) is 9.98. The minimum absolute atomic E-state index is 0.284. The van der Waals surface area contributed by atoms with E-state index in [0.717, 1.165) is 5.56 Å². The van der Waals surface area contributed by atoms with E-state index in [1.54, 1.807) is 0 Å². The highest BCUT2D eigenvalue weighted by molar-refractivity contribution is 6.06. The van der Waals surface area contributed by atoms with E-state index in [9.17, 15) is 4.79 Å². The number of hydrogen-bond donors (Lipinski definition) is 0. The first-order valence-electron chi connectivity index (χ1n) is 5.18. The predicted octanol–water partition coefficient (Wildman–Crippen LogP) is 3.25. The Labute approximate surface area is 93.2 Å². The molecule has 2 nitrogen and oxygen atoms in total. The van der Waals surface area contributed by atoms with E-state index in [1.165, 1.54) is 23.3 Å². The number of rotatable bonds is 1. The van der Waals surface area contributed by atoms with Crippen LogP contribution in [-0.2, 0) is 4.79 Å². The van der Waals surface area contributed by atoms with Gasteiger partial charge in [0.15, 0.2) is 0 Å². The fourth-order valence-electron chi connectivity index (χ4n) is 2.14. The highest BCUT2D eigenvalue weighted by Crippen LogP contribution is 2.37. The van der Waals surface area contributed by atoms with Gasteiger partial charge in [-0.1, -0.05) is 30.3 Å². The fourth-order valence-corrected chi connectivity index (χ4v) is 2.14. The second kappa shape index (κ2) is 3.20. The van der Waals surface area contributed by atoms with Crippen LogP contribution >= 0.6 is 0 Å². The van der Waals surface area contributed by atoms with Crippen LogP contribution in [0.1, 0.15) is 18.1 Å². The second-order valence-corrected chi connectivity index (χ2v) is 3.85. The highest BCUT2D eigenvalue weighted by Gasteiger charge is 2.14. The zero-order valence-electron chi connectivity index (χ0n) is 8.86. The SMILES string of the molecule is CC(=O)Oc1ccc2cccc3c2c1C=C3. The lowest BCUT2D eigenvalue weighted by Gasteiger charge is -2.07. The topological polar surface area (TPSA) is 26.3 Å². The molecule has 1 aliphatic carbocycles. The number of carbonyl (C=O) groups excluding carboxylic acids is 1. The molecule has 2 aromatic carbocycles. The molecule has 1 aliphatic rings. The molecule has 0 N–H and O–H groups in total. The van der Waals surface area contributed by atoms with Crippen molar-refractivity contribution in [1.82, 2.24) is 0 Å². The van der Waals surface area contributed by atoms with Crippen LogP contribution in [-0.4, -0.2) is 5.97 Å². The summed E-state index contributed by atoms with van der Waals surface area (Å²) >= 11 is 0. The summed E-state index contributed by atoms with van der Waals surface area (Å²) in [5, 5.41) is 2.34. The Morgan fingerprint density at radius 3 is 2.81 bits per heavy atom. The number of hydrogen-bond acceptors (Lipinski definition) is 2. The molecule has 2 heteroatoms. The van der Waals surface area contributed by atoms with E-state index in [2.05, 4.69) is 12.1 Å². The van der Waals surface area contributed by atoms with Crippen molar-refractivity contribution in [2.75, 3.05) is 0 Å². The van der Waals surface area contributed by atoms with Crippen LogP contribution in [0.15, 0.2) is 30.3 Å². The Morgan fingerprint density at radius 1 is 1.12 bits per heavy atom. The van der Waals surface area contributed by atoms with Gasteiger partial charge < -0.3 is 4.74 Å². The lowest BCUT2D eigenvalue weighted by atomic mass is 10.0. The standard InChI is InChI=1S/C14H10O2/c1-9(15)16-13-8-6-11-4-2-3-10-5-7-12(13)14(10)11/h2-8H,1H3. The van der Waals surface area contributed by atoms with Crippen LogP contribution in [0.4, 0.5) is 0 Å². The van der Waals surface area contributed by atoms with Gasteiger partial charge in [-0.15, -0.1) is 0 Å². The smallest absolute Gasteiger partial charge is 0.308 e. The molecule has 0 aromatic heterocycles. The molecule has 0 saturated heterocycles. The van der Waals surface area contributed by atoms with Crippen molar-refractivity contribution in [3.05, 3.63) is 41.5 Å². The summed E-state index contributed by atoms with van der Waals surface area (Å²) in [7, 11) is 0. The minimum atomic E-state index is -0.284. The minimum Gasteiger partial charge on any atom is -0.426 e. The average Bonchev–Trinajstić information content (AvgIpc) is 2.68. The van der Waals surface area contributed by atoms with Gasteiger partial charge in [-0.25, -0.2) is 0 Å². The van der Waals surface area contributed by atoms with E-state index in [4.69, 9.17) is 4.74 Å². The molecular formula is C14H10O2. The van der Waals surface area contributed by atoms with Gasteiger partial charge in [-0.2, -0.15) is 0 Å². The van der Waals surface area contributed by atoms with Gasteiger partial charge in [-0.3, -0.25) is 4.79 Å². The zero-order chi connectivity index (χ0) is 11.1. The number of ether oxygens (including phenoxy) is 1. The molecule has 0 atom stereocenters. The van der Waals surface area contributed by atoms with Crippen LogP contribution in [0.2, 0.25) is 0 Å². The first-order valence-corrected chi connectivity index (χ1v) is 5.18. The van der Waals surface area contributed by atoms with Gasteiger partial charge in [0.25, 0.3) is 0 Å². The lowest BCUT2D eigenvalue weighted by molar-refractivity contribution is -0.131. The van der Waals surface area contributed by atoms with Crippen LogP contribution in [0, 0.1) is 0 Å². The zero-order valence-corrected chi connectivity index (χ0v) is 8.86. The molecule has 3 rings (SSSR count). The fraction of sp³-hybridized carbons (Fsp3) is 0.0714. The summed E-state index contributed by atoms with van der Waals surface area (Å²) in [6.07, 6.45) is 4.04. The molecule has 2 aromatic rings. The maximum absolute atomic E-state index is 11.0. The molecule has 0 saturated carbocycles. The largest absolute Gasteiger partial charge is 0.426 e. The summed E-state index contributed by atoms with van der Waals surface area (Å²) < 4.78 is 5.19. The van der Waals surface area contributed by atoms with Gasteiger partial charge in [0.1, 0.15) is 5.75 Å². The maximum atomic E-state index is 11.0. The van der Waals surface area contributed by atoms with Crippen molar-refractivity contribution in [3.8, 4) is 5.75 Å². The van der Waals surface area contributed by atoms with E-state index in [-0.39, 0.29) is 5.97 Å². The van der Waals surface area contributed by atoms with Crippen molar-refractivity contribution in [2.45, 2.75) is 6.92 Å². The summed E-state index contributed by atoms with van der Waals surface area (Å²) in [6.45, 7) is 1.42. The Hall–Kier alpha value is -2.09. The maximum Gasteiger partial charge on any atom is 0.308 e. The van der Waals surface area contributed by atoms with Gasteiger partial charge in [0.2, 0.25) is 0 Å². The third-order valence-electron chi connectivity index (χ3n) is 2.76. The molecule has 0 radical (unpaired) electrons. The van der Waals surface area contributed by atoms with Crippen LogP contribution in [0.25, 0.3) is 22.9 Å². The number of carbonyl (C=O) groups is 1. The summed E-state index contributed by atoms with van der Waals surface area (Å²) in [5.41, 5.74) is 2.19. The predicted molar refractivity (Wildman–Crippen MR) is 64.2 cm³/mol. The second-order valence-electron chi connectivity index (χ2n) is 3.85. The lowest BCUT2D eigenvalue weighted by Crippen LogP contribution is -2.02. The van der Waals surface area contributed by atoms with Crippen molar-refractivity contribution in [3.63, 3.8) is 0 Å². The third-order valence-corrected chi connectivity index (χ3v) is 2.76. The molecular weight excluding hydrogens is 200 g/mol. The van der Waals surface area contributed by atoms with Crippen LogP contribution < -0.4 is 4.74 Å². The Bertz CT molecular complexity index is 624. The molecule has 0 aliphatic heterocycles. The molecule has 0 heterocycles. The number of esters is 1. The van der Waals surface area contributed by atoms with Gasteiger partial charge >= 0.3 is 5.97 Å². The van der Waals surface area contributed by atoms with Crippen LogP contribution in [0.3, 0.4) is 0 Å². The van der Waals surface area contributed by atoms with Gasteiger partial charge in [0.05, 0.1) is 0 Å². The Morgan fingerprint density at radius 2 is 2.00 bits per heavy atom. The molecule has 0 bridgehead atoms. The molecule has 0 fully saturated rings.